The van der Waals surface area contributed by atoms with Crippen molar-refractivity contribution in [3.8, 4) is 0 Å². The molecule has 0 radical (unpaired) electrons. The van der Waals surface area contributed by atoms with E-state index >= 15 is 0 Å². The molecule has 0 atom stereocenters. The van der Waals surface area contributed by atoms with E-state index in [-0.39, 0.29) is 5.97 Å². The number of hydrogen-bond acceptors (Lipinski definition) is 6. The Morgan fingerprint density at radius 2 is 2.33 bits per heavy atom. The Kier molecular flexibility index (Phi) is 4.86. The van der Waals surface area contributed by atoms with Crippen LogP contribution in [0.25, 0.3) is 5.65 Å². The summed E-state index contributed by atoms with van der Waals surface area (Å²) in [6, 6.07) is 1.60. The zero-order valence-electron chi connectivity index (χ0n) is 12.1. The predicted octanol–water partition coefficient (Wildman–Crippen LogP) is 1.54. The molecule has 0 aromatic carbocycles. The molecule has 0 bridgehead atoms. The molecule has 0 unspecified atom stereocenters. The van der Waals surface area contributed by atoms with E-state index in [1.165, 1.54) is 0 Å². The van der Waals surface area contributed by atoms with Gasteiger partial charge in [0.15, 0.2) is 5.65 Å². The summed E-state index contributed by atoms with van der Waals surface area (Å²) in [5.41, 5.74) is 0.906. The van der Waals surface area contributed by atoms with Gasteiger partial charge in [-0.1, -0.05) is 0 Å². The quantitative estimate of drug-likeness (QED) is 0.679. The number of carbonyl (C=O) groups is 2. The number of hydrogen-bond donors (Lipinski definition) is 1. The van der Waals surface area contributed by atoms with Gasteiger partial charge in [0, 0.05) is 19.2 Å². The average molecular weight is 290 g/mol. The number of rotatable bonds is 4. The predicted molar refractivity (Wildman–Crippen MR) is 77.3 cm³/mol. The smallest absolute Gasteiger partial charge is 0.342 e. The van der Waals surface area contributed by atoms with Gasteiger partial charge in [-0.25, -0.2) is 9.78 Å². The van der Waals surface area contributed by atoms with Crippen LogP contribution in [0.4, 0.5) is 5.82 Å². The first-order chi connectivity index (χ1) is 10.2. The van der Waals surface area contributed by atoms with E-state index in [0.29, 0.717) is 23.7 Å². The fourth-order valence-corrected chi connectivity index (χ4v) is 1.67. The number of ether oxygens (including phenoxy) is 1. The Bertz CT molecular complexity index is 634. The molecule has 0 spiro atoms. The number of aldehydes is 1. The van der Waals surface area contributed by atoms with Crippen molar-refractivity contribution in [2.75, 3.05) is 19.0 Å². The highest BCUT2D eigenvalue weighted by molar-refractivity contribution is 5.95. The minimum absolute atomic E-state index is 0.340. The monoisotopic (exact) mass is 290 g/mol. The third-order valence-electron chi connectivity index (χ3n) is 2.97. The molecule has 0 amide bonds. The van der Waals surface area contributed by atoms with Crippen LogP contribution in [-0.2, 0) is 9.53 Å². The number of fused-ring (bicyclic) bond motifs is 1. The molecule has 1 N–H and O–H groups in total. The van der Waals surface area contributed by atoms with Crippen LogP contribution in [0.2, 0.25) is 0 Å². The number of nitrogens with one attached hydrogen (secondary N) is 1. The maximum absolute atomic E-state index is 11.6. The van der Waals surface area contributed by atoms with Crippen LogP contribution in [0.5, 0.6) is 0 Å². The normalized spacial score (nSPS) is 13.2. The summed E-state index contributed by atoms with van der Waals surface area (Å²) in [6.45, 7) is 2.10. The van der Waals surface area contributed by atoms with Crippen LogP contribution >= 0.6 is 0 Å². The summed E-state index contributed by atoms with van der Waals surface area (Å²) in [7, 11) is 1.77. The molecule has 2 aromatic rings. The number of aromatic nitrogens is 3. The molecule has 2 heterocycles. The Balaban J connectivity index is 0.000000272. The lowest BCUT2D eigenvalue weighted by atomic mass is 10.3. The maximum atomic E-state index is 11.6. The lowest BCUT2D eigenvalue weighted by Gasteiger charge is -2.03. The van der Waals surface area contributed by atoms with Crippen LogP contribution in [0, 0.1) is 5.92 Å². The van der Waals surface area contributed by atoms with Crippen LogP contribution in [0.15, 0.2) is 18.5 Å². The van der Waals surface area contributed by atoms with Crippen molar-refractivity contribution < 1.29 is 14.3 Å². The SMILES string of the molecule is CCOC(=O)c1ccnn2c(NC)cnc12.O=CC1CC1. The molecule has 3 rings (SSSR count). The second-order valence-electron chi connectivity index (χ2n) is 4.57. The topological polar surface area (TPSA) is 85.6 Å². The first-order valence-electron chi connectivity index (χ1n) is 6.84. The third-order valence-corrected chi connectivity index (χ3v) is 2.97. The summed E-state index contributed by atoms with van der Waals surface area (Å²) in [4.78, 5) is 25.3. The van der Waals surface area contributed by atoms with Gasteiger partial charge in [-0.3, -0.25) is 0 Å². The zero-order chi connectivity index (χ0) is 15.2. The van der Waals surface area contributed by atoms with E-state index in [4.69, 9.17) is 4.74 Å². The van der Waals surface area contributed by atoms with Gasteiger partial charge in [0.1, 0.15) is 17.7 Å². The van der Waals surface area contributed by atoms with E-state index < -0.39 is 0 Å². The first kappa shape index (κ1) is 15.0. The highest BCUT2D eigenvalue weighted by Crippen LogP contribution is 2.25. The van der Waals surface area contributed by atoms with E-state index in [0.717, 1.165) is 24.9 Å². The van der Waals surface area contributed by atoms with Gasteiger partial charge in [0.2, 0.25) is 0 Å². The Labute approximate surface area is 122 Å². The van der Waals surface area contributed by atoms with Gasteiger partial charge in [0.25, 0.3) is 0 Å². The van der Waals surface area contributed by atoms with Crippen molar-refractivity contribution in [3.05, 3.63) is 24.0 Å². The van der Waals surface area contributed by atoms with Crippen molar-refractivity contribution in [1.82, 2.24) is 14.6 Å². The molecule has 1 aliphatic carbocycles. The maximum Gasteiger partial charge on any atom is 0.342 e. The highest BCUT2D eigenvalue weighted by atomic mass is 16.5. The molecule has 1 saturated carbocycles. The van der Waals surface area contributed by atoms with Crippen molar-refractivity contribution in [2.45, 2.75) is 19.8 Å². The minimum atomic E-state index is -0.386. The number of anilines is 1. The number of esters is 1. The number of nitrogens with zero attached hydrogens (tertiary/aromatic N) is 3. The Morgan fingerprint density at radius 3 is 2.86 bits per heavy atom. The van der Waals surface area contributed by atoms with Crippen molar-refractivity contribution in [3.63, 3.8) is 0 Å². The fourth-order valence-electron chi connectivity index (χ4n) is 1.67. The van der Waals surface area contributed by atoms with Crippen molar-refractivity contribution in [2.24, 2.45) is 5.92 Å². The van der Waals surface area contributed by atoms with Crippen LogP contribution in [-0.4, -0.2) is 40.5 Å². The van der Waals surface area contributed by atoms with Gasteiger partial charge < -0.3 is 14.8 Å². The van der Waals surface area contributed by atoms with E-state index in [1.54, 1.807) is 36.9 Å². The standard InChI is InChI=1S/C10H12N4O2.C4H6O/c1-3-16-10(15)7-4-5-13-14-8(11-2)6-12-9(7)14;5-3-4-1-2-4/h4-6,11H,3H2,1-2H3;3-4H,1-2H2. The molecule has 7 nitrogen and oxygen atoms in total. The fraction of sp³-hybridized carbons (Fsp3) is 0.429. The lowest BCUT2D eigenvalue weighted by Crippen LogP contribution is -2.08. The van der Waals surface area contributed by atoms with E-state index in [2.05, 4.69) is 15.4 Å². The van der Waals surface area contributed by atoms with Crippen LogP contribution in [0.1, 0.15) is 30.1 Å². The molecule has 1 aliphatic rings. The number of carbonyl (C=O) groups excluding carboxylic acids is 2. The molecule has 1 fully saturated rings. The third kappa shape index (κ3) is 3.56. The molecule has 0 aliphatic heterocycles. The van der Waals surface area contributed by atoms with Crippen molar-refractivity contribution in [1.29, 1.82) is 0 Å². The molecule has 0 saturated heterocycles. The molecule has 112 valence electrons. The molecule has 21 heavy (non-hydrogen) atoms. The molecular formula is C14H18N4O3. The van der Waals surface area contributed by atoms with Crippen LogP contribution < -0.4 is 5.32 Å². The van der Waals surface area contributed by atoms with E-state index in [9.17, 15) is 9.59 Å². The molecule has 7 heteroatoms. The number of imidazole rings is 1. The summed E-state index contributed by atoms with van der Waals surface area (Å²) < 4.78 is 6.50. The first-order valence-corrected chi connectivity index (χ1v) is 6.84. The summed E-state index contributed by atoms with van der Waals surface area (Å²) in [6.07, 6.45) is 6.47. The second-order valence-corrected chi connectivity index (χ2v) is 4.57. The Hall–Kier alpha value is -2.44. The zero-order valence-corrected chi connectivity index (χ0v) is 12.1. The molecular weight excluding hydrogens is 272 g/mol. The van der Waals surface area contributed by atoms with Gasteiger partial charge in [-0.05, 0) is 25.8 Å². The summed E-state index contributed by atoms with van der Waals surface area (Å²) in [5.74, 6) is 0.791. The van der Waals surface area contributed by atoms with Gasteiger partial charge >= 0.3 is 5.97 Å². The average Bonchev–Trinajstić information content (AvgIpc) is 3.26. The van der Waals surface area contributed by atoms with Gasteiger partial charge in [-0.2, -0.15) is 9.61 Å². The van der Waals surface area contributed by atoms with Crippen LogP contribution in [0.3, 0.4) is 0 Å². The minimum Gasteiger partial charge on any atom is -0.462 e. The summed E-state index contributed by atoms with van der Waals surface area (Å²) >= 11 is 0. The molecule has 2 aromatic heterocycles. The Morgan fingerprint density at radius 1 is 1.57 bits per heavy atom. The largest absolute Gasteiger partial charge is 0.462 e. The summed E-state index contributed by atoms with van der Waals surface area (Å²) in [5, 5.41) is 7.03. The second kappa shape index (κ2) is 6.83. The highest BCUT2D eigenvalue weighted by Gasteiger charge is 2.19. The van der Waals surface area contributed by atoms with Crippen molar-refractivity contribution >= 4 is 23.7 Å². The lowest BCUT2D eigenvalue weighted by molar-refractivity contribution is -0.108. The van der Waals surface area contributed by atoms with Gasteiger partial charge in [0.05, 0.1) is 12.8 Å². The van der Waals surface area contributed by atoms with E-state index in [1.807, 2.05) is 0 Å². The van der Waals surface area contributed by atoms with Gasteiger partial charge in [-0.15, -0.1) is 0 Å².